The molecule has 118 valence electrons. The van der Waals surface area contributed by atoms with Crippen LogP contribution in [0.15, 0.2) is 23.1 Å². The van der Waals surface area contributed by atoms with Crippen molar-refractivity contribution in [3.63, 3.8) is 0 Å². The average Bonchev–Trinajstić information content (AvgIpc) is 2.46. The van der Waals surface area contributed by atoms with Crippen LogP contribution in [0.3, 0.4) is 0 Å². The third kappa shape index (κ3) is 3.21. The van der Waals surface area contributed by atoms with Crippen molar-refractivity contribution in [1.29, 1.82) is 0 Å². The van der Waals surface area contributed by atoms with Crippen molar-refractivity contribution in [3.8, 4) is 0 Å². The number of piperidine rings is 1. The fraction of sp³-hybridized carbons (Fsp3) is 0.600. The lowest BCUT2D eigenvalue weighted by atomic mass is 9.75. The van der Waals surface area contributed by atoms with E-state index < -0.39 is 15.8 Å². The van der Waals surface area contributed by atoms with E-state index in [2.05, 4.69) is 13.8 Å². The van der Waals surface area contributed by atoms with Crippen LogP contribution < -0.4 is 5.73 Å². The smallest absolute Gasteiger partial charge is 0.243 e. The van der Waals surface area contributed by atoms with Crippen molar-refractivity contribution in [2.45, 2.75) is 44.4 Å². The van der Waals surface area contributed by atoms with Crippen LogP contribution in [0.4, 0.5) is 10.1 Å². The Labute approximate surface area is 126 Å². The number of hydrogen-bond acceptors (Lipinski definition) is 3. The normalized spacial score (nSPS) is 19.6. The topological polar surface area (TPSA) is 63.4 Å². The lowest BCUT2D eigenvalue weighted by molar-refractivity contribution is 0.141. The van der Waals surface area contributed by atoms with Gasteiger partial charge in [0.1, 0.15) is 5.82 Å². The van der Waals surface area contributed by atoms with Crippen LogP contribution in [0.2, 0.25) is 0 Å². The average molecular weight is 314 g/mol. The van der Waals surface area contributed by atoms with E-state index in [1.165, 1.54) is 10.4 Å². The van der Waals surface area contributed by atoms with Crippen LogP contribution in [0, 0.1) is 11.2 Å². The predicted octanol–water partition coefficient (Wildman–Crippen LogP) is 3.00. The standard InChI is InChI=1S/C15H23FN2O2S/c1-3-15(4-2)5-7-18(8-6-15)21(19,20)14-10-12(16)9-13(17)11-14/h9-11H,3-8,17H2,1-2H3. The zero-order valence-electron chi connectivity index (χ0n) is 12.6. The number of nitrogens with zero attached hydrogens (tertiary/aromatic N) is 1. The Morgan fingerprint density at radius 3 is 2.24 bits per heavy atom. The summed E-state index contributed by atoms with van der Waals surface area (Å²) >= 11 is 0. The summed E-state index contributed by atoms with van der Waals surface area (Å²) < 4.78 is 40.0. The van der Waals surface area contributed by atoms with Gasteiger partial charge in [-0.05, 0) is 36.5 Å². The number of nitrogen functional groups attached to an aromatic ring is 1. The number of anilines is 1. The van der Waals surface area contributed by atoms with Gasteiger partial charge in [-0.1, -0.05) is 26.7 Å². The van der Waals surface area contributed by atoms with Gasteiger partial charge in [-0.25, -0.2) is 12.8 Å². The maximum Gasteiger partial charge on any atom is 0.243 e. The number of benzene rings is 1. The van der Waals surface area contributed by atoms with E-state index >= 15 is 0 Å². The number of nitrogens with two attached hydrogens (primary N) is 1. The Morgan fingerprint density at radius 2 is 1.76 bits per heavy atom. The van der Waals surface area contributed by atoms with E-state index in [0.29, 0.717) is 13.1 Å². The Balaban J connectivity index is 2.22. The Hall–Kier alpha value is -1.14. The van der Waals surface area contributed by atoms with E-state index in [-0.39, 0.29) is 16.0 Å². The molecule has 0 bridgehead atoms. The number of hydrogen-bond donors (Lipinski definition) is 1. The SMILES string of the molecule is CCC1(CC)CCN(S(=O)(=O)c2cc(N)cc(F)c2)CC1. The molecule has 2 rings (SSSR count). The molecule has 21 heavy (non-hydrogen) atoms. The lowest BCUT2D eigenvalue weighted by Gasteiger charge is -2.40. The molecule has 0 radical (unpaired) electrons. The van der Waals surface area contributed by atoms with Crippen LogP contribution in [0.1, 0.15) is 39.5 Å². The summed E-state index contributed by atoms with van der Waals surface area (Å²) in [5, 5.41) is 0. The molecule has 1 aliphatic rings. The van der Waals surface area contributed by atoms with Crippen molar-refractivity contribution >= 4 is 15.7 Å². The highest BCUT2D eigenvalue weighted by molar-refractivity contribution is 7.89. The summed E-state index contributed by atoms with van der Waals surface area (Å²) in [6.07, 6.45) is 3.82. The Kier molecular flexibility index (Phi) is 4.58. The first-order valence-electron chi connectivity index (χ1n) is 7.39. The number of sulfonamides is 1. The molecule has 0 atom stereocenters. The van der Waals surface area contributed by atoms with E-state index in [9.17, 15) is 12.8 Å². The molecule has 0 aromatic heterocycles. The molecular weight excluding hydrogens is 291 g/mol. The fourth-order valence-electron chi connectivity index (χ4n) is 3.04. The second kappa shape index (κ2) is 5.93. The third-order valence-corrected chi connectivity index (χ3v) is 6.69. The highest BCUT2D eigenvalue weighted by Gasteiger charge is 2.36. The molecule has 2 N–H and O–H groups in total. The van der Waals surface area contributed by atoms with Crippen molar-refractivity contribution < 1.29 is 12.8 Å². The predicted molar refractivity (Wildman–Crippen MR) is 81.8 cm³/mol. The van der Waals surface area contributed by atoms with Gasteiger partial charge in [0.15, 0.2) is 0 Å². The second-order valence-electron chi connectivity index (χ2n) is 5.83. The Morgan fingerprint density at radius 1 is 1.19 bits per heavy atom. The highest BCUT2D eigenvalue weighted by atomic mass is 32.2. The summed E-state index contributed by atoms with van der Waals surface area (Å²) in [5.74, 6) is -0.623. The molecule has 0 amide bonds. The van der Waals surface area contributed by atoms with Crippen molar-refractivity contribution in [2.75, 3.05) is 18.8 Å². The van der Waals surface area contributed by atoms with E-state index in [0.717, 1.165) is 37.8 Å². The van der Waals surface area contributed by atoms with Gasteiger partial charge in [0, 0.05) is 18.8 Å². The van der Waals surface area contributed by atoms with Crippen LogP contribution in [0.25, 0.3) is 0 Å². The lowest BCUT2D eigenvalue weighted by Crippen LogP contribution is -2.42. The molecule has 1 aromatic carbocycles. The van der Waals surface area contributed by atoms with Gasteiger partial charge in [0.25, 0.3) is 0 Å². The van der Waals surface area contributed by atoms with Gasteiger partial charge in [-0.3, -0.25) is 0 Å². The van der Waals surface area contributed by atoms with Gasteiger partial charge < -0.3 is 5.73 Å². The maximum absolute atomic E-state index is 13.4. The quantitative estimate of drug-likeness (QED) is 0.869. The van der Waals surface area contributed by atoms with E-state index in [4.69, 9.17) is 5.73 Å². The fourth-order valence-corrected chi connectivity index (χ4v) is 4.55. The van der Waals surface area contributed by atoms with Crippen LogP contribution >= 0.6 is 0 Å². The van der Waals surface area contributed by atoms with Crippen molar-refractivity contribution in [2.24, 2.45) is 5.41 Å². The molecule has 0 aliphatic carbocycles. The maximum atomic E-state index is 13.4. The van der Waals surface area contributed by atoms with Crippen LogP contribution in [-0.4, -0.2) is 25.8 Å². The van der Waals surface area contributed by atoms with Gasteiger partial charge >= 0.3 is 0 Å². The molecule has 0 saturated carbocycles. The molecule has 0 unspecified atom stereocenters. The highest BCUT2D eigenvalue weighted by Crippen LogP contribution is 2.39. The van der Waals surface area contributed by atoms with Gasteiger partial charge in [-0.15, -0.1) is 0 Å². The van der Waals surface area contributed by atoms with Gasteiger partial charge in [0.2, 0.25) is 10.0 Å². The molecule has 1 aromatic rings. The monoisotopic (exact) mass is 314 g/mol. The summed E-state index contributed by atoms with van der Waals surface area (Å²) in [6, 6.07) is 3.47. The first-order valence-corrected chi connectivity index (χ1v) is 8.83. The zero-order valence-corrected chi connectivity index (χ0v) is 13.4. The molecular formula is C15H23FN2O2S. The molecule has 1 aliphatic heterocycles. The largest absolute Gasteiger partial charge is 0.399 e. The summed E-state index contributed by atoms with van der Waals surface area (Å²) in [7, 11) is -3.66. The summed E-state index contributed by atoms with van der Waals surface area (Å²) in [6.45, 7) is 5.28. The van der Waals surface area contributed by atoms with Crippen molar-refractivity contribution in [3.05, 3.63) is 24.0 Å². The zero-order chi connectivity index (χ0) is 15.7. The molecule has 6 heteroatoms. The summed E-state index contributed by atoms with van der Waals surface area (Å²) in [5.41, 5.74) is 5.92. The third-order valence-electron chi connectivity index (χ3n) is 4.81. The first-order chi connectivity index (χ1) is 9.83. The number of rotatable bonds is 4. The second-order valence-corrected chi connectivity index (χ2v) is 7.77. The van der Waals surface area contributed by atoms with Crippen LogP contribution in [-0.2, 0) is 10.0 Å². The molecule has 4 nitrogen and oxygen atoms in total. The van der Waals surface area contributed by atoms with Crippen LogP contribution in [0.5, 0.6) is 0 Å². The van der Waals surface area contributed by atoms with E-state index in [1.807, 2.05) is 0 Å². The molecule has 0 spiro atoms. The minimum atomic E-state index is -3.66. The Bertz CT molecular complexity index is 582. The molecule has 1 heterocycles. The van der Waals surface area contributed by atoms with E-state index in [1.54, 1.807) is 0 Å². The first kappa shape index (κ1) is 16.2. The van der Waals surface area contributed by atoms with Gasteiger partial charge in [-0.2, -0.15) is 4.31 Å². The number of halogens is 1. The minimum absolute atomic E-state index is 0.0551. The van der Waals surface area contributed by atoms with Gasteiger partial charge in [0.05, 0.1) is 4.90 Å². The molecule has 1 fully saturated rings. The minimum Gasteiger partial charge on any atom is -0.399 e. The summed E-state index contributed by atoms with van der Waals surface area (Å²) in [4.78, 5) is -0.0551. The van der Waals surface area contributed by atoms with Crippen molar-refractivity contribution in [1.82, 2.24) is 4.31 Å². The molecule has 1 saturated heterocycles.